The largest absolute Gasteiger partial charge is 0.493 e. The number of methoxy groups -OCH3 is 1. The summed E-state index contributed by atoms with van der Waals surface area (Å²) in [6.07, 6.45) is 2.70. The standard InChI is InChI=1S/C17H29NO2/c1-6-15(18)12-14-11-13(2)7-8-16(14)20-10-9-17(3,4)19-5/h7-8,11,15H,6,9-10,12,18H2,1-5H3. The predicted octanol–water partition coefficient (Wildman–Crippen LogP) is 3.47. The molecule has 0 fully saturated rings. The van der Waals surface area contributed by atoms with Gasteiger partial charge in [0, 0.05) is 19.6 Å². The lowest BCUT2D eigenvalue weighted by Crippen LogP contribution is -2.25. The summed E-state index contributed by atoms with van der Waals surface area (Å²) >= 11 is 0. The molecule has 1 rings (SSSR count). The molecule has 1 unspecified atom stereocenters. The fourth-order valence-electron chi connectivity index (χ4n) is 1.94. The van der Waals surface area contributed by atoms with E-state index in [-0.39, 0.29) is 11.6 Å². The van der Waals surface area contributed by atoms with Crippen LogP contribution in [0.1, 0.15) is 44.7 Å². The Balaban J connectivity index is 2.69. The normalized spacial score (nSPS) is 13.3. The molecule has 0 heterocycles. The molecule has 0 radical (unpaired) electrons. The zero-order chi connectivity index (χ0) is 15.2. The van der Waals surface area contributed by atoms with E-state index in [4.69, 9.17) is 15.2 Å². The van der Waals surface area contributed by atoms with Crippen molar-refractivity contribution in [1.29, 1.82) is 0 Å². The van der Waals surface area contributed by atoms with Crippen molar-refractivity contribution in [3.05, 3.63) is 29.3 Å². The van der Waals surface area contributed by atoms with Crippen LogP contribution in [0.25, 0.3) is 0 Å². The molecule has 3 nitrogen and oxygen atoms in total. The molecule has 1 aromatic rings. The molecule has 1 atom stereocenters. The van der Waals surface area contributed by atoms with Crippen molar-refractivity contribution in [2.24, 2.45) is 5.73 Å². The van der Waals surface area contributed by atoms with Crippen molar-refractivity contribution in [2.45, 2.75) is 58.6 Å². The molecule has 0 saturated heterocycles. The Hall–Kier alpha value is -1.06. The van der Waals surface area contributed by atoms with E-state index in [0.29, 0.717) is 6.61 Å². The highest BCUT2D eigenvalue weighted by Crippen LogP contribution is 2.23. The first-order valence-electron chi connectivity index (χ1n) is 7.41. The van der Waals surface area contributed by atoms with Gasteiger partial charge in [-0.15, -0.1) is 0 Å². The van der Waals surface area contributed by atoms with Crippen molar-refractivity contribution < 1.29 is 9.47 Å². The minimum atomic E-state index is -0.148. The summed E-state index contributed by atoms with van der Waals surface area (Å²) in [5.74, 6) is 0.950. The Kier molecular flexibility index (Phi) is 6.50. The second-order valence-corrected chi connectivity index (χ2v) is 6.05. The van der Waals surface area contributed by atoms with Crippen LogP contribution in [0, 0.1) is 6.92 Å². The van der Waals surface area contributed by atoms with Crippen LogP contribution in [-0.2, 0) is 11.2 Å². The highest BCUT2D eigenvalue weighted by atomic mass is 16.5. The van der Waals surface area contributed by atoms with E-state index in [9.17, 15) is 0 Å². The molecule has 3 heteroatoms. The highest BCUT2D eigenvalue weighted by Gasteiger charge is 2.16. The van der Waals surface area contributed by atoms with Crippen molar-refractivity contribution in [3.63, 3.8) is 0 Å². The number of rotatable bonds is 8. The van der Waals surface area contributed by atoms with Gasteiger partial charge in [0.15, 0.2) is 0 Å². The van der Waals surface area contributed by atoms with Gasteiger partial charge in [-0.2, -0.15) is 0 Å². The molecular weight excluding hydrogens is 250 g/mol. The fourth-order valence-corrected chi connectivity index (χ4v) is 1.94. The van der Waals surface area contributed by atoms with Gasteiger partial charge in [-0.1, -0.05) is 24.6 Å². The molecule has 0 aromatic heterocycles. The first-order chi connectivity index (χ1) is 9.38. The zero-order valence-electron chi connectivity index (χ0n) is 13.5. The van der Waals surface area contributed by atoms with Gasteiger partial charge in [0.2, 0.25) is 0 Å². The summed E-state index contributed by atoms with van der Waals surface area (Å²) < 4.78 is 11.3. The Bertz CT molecular complexity index is 415. The second kappa shape index (κ2) is 7.65. The third kappa shape index (κ3) is 5.51. The summed E-state index contributed by atoms with van der Waals surface area (Å²) in [6, 6.07) is 6.49. The summed E-state index contributed by atoms with van der Waals surface area (Å²) in [5, 5.41) is 0. The first-order valence-corrected chi connectivity index (χ1v) is 7.41. The summed E-state index contributed by atoms with van der Waals surface area (Å²) in [4.78, 5) is 0. The van der Waals surface area contributed by atoms with E-state index < -0.39 is 0 Å². The van der Waals surface area contributed by atoms with Gasteiger partial charge in [-0.3, -0.25) is 0 Å². The predicted molar refractivity (Wildman–Crippen MR) is 84.3 cm³/mol. The lowest BCUT2D eigenvalue weighted by Gasteiger charge is -2.23. The van der Waals surface area contributed by atoms with Crippen molar-refractivity contribution in [2.75, 3.05) is 13.7 Å². The second-order valence-electron chi connectivity index (χ2n) is 6.05. The molecule has 20 heavy (non-hydrogen) atoms. The molecule has 114 valence electrons. The van der Waals surface area contributed by atoms with Gasteiger partial charge in [-0.05, 0) is 45.2 Å². The number of nitrogens with two attached hydrogens (primary N) is 1. The van der Waals surface area contributed by atoms with E-state index in [1.807, 2.05) is 6.07 Å². The van der Waals surface area contributed by atoms with Gasteiger partial charge in [0.05, 0.1) is 12.2 Å². The van der Waals surface area contributed by atoms with E-state index in [2.05, 4.69) is 39.8 Å². The van der Waals surface area contributed by atoms with Crippen LogP contribution in [0.3, 0.4) is 0 Å². The van der Waals surface area contributed by atoms with E-state index in [0.717, 1.165) is 25.0 Å². The maximum atomic E-state index is 6.07. The Morgan fingerprint density at radius 2 is 2.00 bits per heavy atom. The molecule has 0 aliphatic heterocycles. The monoisotopic (exact) mass is 279 g/mol. The lowest BCUT2D eigenvalue weighted by atomic mass is 10.0. The van der Waals surface area contributed by atoms with Gasteiger partial charge in [-0.25, -0.2) is 0 Å². The van der Waals surface area contributed by atoms with Crippen LogP contribution < -0.4 is 10.5 Å². The zero-order valence-corrected chi connectivity index (χ0v) is 13.5. The first kappa shape index (κ1) is 17.0. The van der Waals surface area contributed by atoms with Gasteiger partial charge in [0.1, 0.15) is 5.75 Å². The molecule has 0 aliphatic carbocycles. The Labute approximate surface area is 123 Å². The minimum Gasteiger partial charge on any atom is -0.493 e. The SMILES string of the molecule is CCC(N)Cc1cc(C)ccc1OCCC(C)(C)OC. The third-order valence-electron chi connectivity index (χ3n) is 3.74. The van der Waals surface area contributed by atoms with E-state index in [1.54, 1.807) is 7.11 Å². The van der Waals surface area contributed by atoms with Crippen LogP contribution in [-0.4, -0.2) is 25.4 Å². The van der Waals surface area contributed by atoms with Crippen molar-refractivity contribution >= 4 is 0 Å². The Morgan fingerprint density at radius 1 is 1.30 bits per heavy atom. The van der Waals surface area contributed by atoms with E-state index >= 15 is 0 Å². The minimum absolute atomic E-state index is 0.148. The van der Waals surface area contributed by atoms with Crippen LogP contribution >= 0.6 is 0 Å². The van der Waals surface area contributed by atoms with Gasteiger partial charge < -0.3 is 15.2 Å². The van der Waals surface area contributed by atoms with Gasteiger partial charge >= 0.3 is 0 Å². The maximum absolute atomic E-state index is 6.07. The molecular formula is C17H29NO2. The average Bonchev–Trinajstić information content (AvgIpc) is 2.41. The molecule has 1 aromatic carbocycles. The van der Waals surface area contributed by atoms with Gasteiger partial charge in [0.25, 0.3) is 0 Å². The quantitative estimate of drug-likeness (QED) is 0.792. The Morgan fingerprint density at radius 3 is 2.60 bits per heavy atom. The summed E-state index contributed by atoms with van der Waals surface area (Å²) in [7, 11) is 1.73. The molecule has 0 bridgehead atoms. The van der Waals surface area contributed by atoms with Crippen LogP contribution in [0.4, 0.5) is 0 Å². The average molecular weight is 279 g/mol. The highest BCUT2D eigenvalue weighted by molar-refractivity contribution is 5.37. The van der Waals surface area contributed by atoms with Crippen molar-refractivity contribution in [3.8, 4) is 5.75 Å². The lowest BCUT2D eigenvalue weighted by molar-refractivity contribution is 0.00537. The van der Waals surface area contributed by atoms with E-state index in [1.165, 1.54) is 11.1 Å². The summed E-state index contributed by atoms with van der Waals surface area (Å²) in [5.41, 5.74) is 8.37. The molecule has 0 amide bonds. The number of ether oxygens (including phenoxy) is 2. The van der Waals surface area contributed by atoms with Crippen LogP contribution in [0.15, 0.2) is 18.2 Å². The number of hydrogen-bond acceptors (Lipinski definition) is 3. The molecule has 0 aliphatic rings. The number of benzene rings is 1. The third-order valence-corrected chi connectivity index (χ3v) is 3.74. The molecule has 0 saturated carbocycles. The van der Waals surface area contributed by atoms with Crippen LogP contribution in [0.5, 0.6) is 5.75 Å². The fraction of sp³-hybridized carbons (Fsp3) is 0.647. The maximum Gasteiger partial charge on any atom is 0.122 e. The topological polar surface area (TPSA) is 44.5 Å². The number of hydrogen-bond donors (Lipinski definition) is 1. The molecule has 0 spiro atoms. The van der Waals surface area contributed by atoms with Crippen molar-refractivity contribution in [1.82, 2.24) is 0 Å². The number of aryl methyl sites for hydroxylation is 1. The smallest absolute Gasteiger partial charge is 0.122 e. The summed E-state index contributed by atoms with van der Waals surface area (Å²) in [6.45, 7) is 9.00. The molecule has 2 N–H and O–H groups in total. The van der Waals surface area contributed by atoms with Crippen LogP contribution in [0.2, 0.25) is 0 Å².